The number of aliphatic hydroxyl groups is 5. The van der Waals surface area contributed by atoms with E-state index in [-0.39, 0.29) is 95.0 Å². The first kappa shape index (κ1) is 40.3. The van der Waals surface area contributed by atoms with Gasteiger partial charge in [0.25, 0.3) is 0 Å². The summed E-state index contributed by atoms with van der Waals surface area (Å²) < 4.78 is 55.0. The fraction of sp³-hybridized carbons (Fsp3) is 1.00. The third-order valence-electron chi connectivity index (χ3n) is 13.3. The minimum absolute atomic E-state index is 0. The van der Waals surface area contributed by atoms with Crippen LogP contribution in [-0.4, -0.2) is 107 Å². The summed E-state index contributed by atoms with van der Waals surface area (Å²) >= 11 is 0. The van der Waals surface area contributed by atoms with E-state index >= 15 is 0 Å². The second-order valence-electron chi connectivity index (χ2n) is 16.2. The van der Waals surface area contributed by atoms with Gasteiger partial charge in [-0.2, -0.15) is 0 Å². The Bertz CT molecular complexity index is 1180. The molecule has 16 atom stereocenters. The zero-order valence-corrected chi connectivity index (χ0v) is 32.0. The summed E-state index contributed by atoms with van der Waals surface area (Å²) in [6.45, 7) is 10.3. The van der Waals surface area contributed by atoms with Crippen molar-refractivity contribution < 1.29 is 86.5 Å². The first-order chi connectivity index (χ1) is 21.4. The van der Waals surface area contributed by atoms with Crippen LogP contribution in [0.4, 0.5) is 0 Å². The zero-order valence-electron chi connectivity index (χ0n) is 29.2. The Labute approximate surface area is 302 Å². The predicted octanol–water partition coefficient (Wildman–Crippen LogP) is -0.898. The van der Waals surface area contributed by atoms with Crippen molar-refractivity contribution in [1.82, 2.24) is 0 Å². The molecule has 14 heteroatoms. The van der Waals surface area contributed by atoms with Crippen LogP contribution >= 0.6 is 0 Å². The standard InChI is InChI=1S/C33H58O12S.Na/c1-17(2)24(44-30-27(37)28(42-6)25(16-43-30)45-46(39,40)41)8-7-18(3)20-14-22(35)29-32(20,5)12-10-26-31(4)11-9-19(34)13-21(31)23(36)15-33(26,29)38;/h17-30,34-38H,7-16H2,1-6H3,(H,39,40,41);/q;+1/p-1/t18-,19+,20-,21-,22+,23+,24+,25-,26-,27-,28+,29-,30+,31+,32-,33+;/m1./s1. The number of hydrogen-bond acceptors (Lipinski definition) is 12. The summed E-state index contributed by atoms with van der Waals surface area (Å²) in [7, 11) is -3.75. The molecule has 5 N–H and O–H groups in total. The molecule has 12 nitrogen and oxygen atoms in total. The molecule has 0 aromatic carbocycles. The molecule has 0 unspecified atom stereocenters. The largest absolute Gasteiger partial charge is 1.00 e. The second-order valence-corrected chi connectivity index (χ2v) is 17.2. The Kier molecular flexibility index (Phi) is 12.8. The van der Waals surface area contributed by atoms with Crippen LogP contribution in [0.3, 0.4) is 0 Å². The van der Waals surface area contributed by atoms with Crippen molar-refractivity contribution in [2.75, 3.05) is 13.7 Å². The molecule has 1 saturated heterocycles. The van der Waals surface area contributed by atoms with Crippen molar-refractivity contribution in [3.63, 3.8) is 0 Å². The van der Waals surface area contributed by atoms with Gasteiger partial charge in [0.05, 0.1) is 36.6 Å². The predicted molar refractivity (Wildman–Crippen MR) is 165 cm³/mol. The Morgan fingerprint density at radius 1 is 0.979 bits per heavy atom. The van der Waals surface area contributed by atoms with Crippen molar-refractivity contribution >= 4 is 10.4 Å². The van der Waals surface area contributed by atoms with Crippen LogP contribution in [0, 0.1) is 46.3 Å². The Morgan fingerprint density at radius 3 is 2.26 bits per heavy atom. The molecule has 268 valence electrons. The van der Waals surface area contributed by atoms with E-state index in [4.69, 9.17) is 14.2 Å². The molecular weight excluding hydrogens is 643 g/mol. The average Bonchev–Trinajstić information content (AvgIpc) is 3.23. The Balaban J connectivity index is 0.00000500. The van der Waals surface area contributed by atoms with Gasteiger partial charge in [0.15, 0.2) is 6.29 Å². The molecule has 0 spiro atoms. The summed E-state index contributed by atoms with van der Waals surface area (Å²) in [5.74, 6) is -0.0793. The minimum Gasteiger partial charge on any atom is -0.726 e. The monoisotopic (exact) mass is 700 g/mol. The summed E-state index contributed by atoms with van der Waals surface area (Å²) in [4.78, 5) is 0. The van der Waals surface area contributed by atoms with Gasteiger partial charge < -0.3 is 44.3 Å². The minimum atomic E-state index is -5.03. The smallest absolute Gasteiger partial charge is 0.726 e. The maximum atomic E-state index is 12.5. The van der Waals surface area contributed by atoms with Gasteiger partial charge >= 0.3 is 29.6 Å². The molecule has 0 aromatic rings. The average molecular weight is 701 g/mol. The van der Waals surface area contributed by atoms with Gasteiger partial charge in [0, 0.05) is 19.4 Å². The van der Waals surface area contributed by atoms with Gasteiger partial charge in [-0.1, -0.05) is 34.6 Å². The third-order valence-corrected chi connectivity index (χ3v) is 13.8. The Morgan fingerprint density at radius 2 is 1.64 bits per heavy atom. The number of methoxy groups -OCH3 is 1. The molecule has 5 aliphatic rings. The van der Waals surface area contributed by atoms with Gasteiger partial charge in [-0.05, 0) is 91.8 Å². The number of fused-ring (bicyclic) bond motifs is 5. The molecule has 0 bridgehead atoms. The second kappa shape index (κ2) is 14.9. The SMILES string of the molecule is CO[C@@H]1[C@@H](O)[C@H](O[C@@H](CC[C@@H](C)[C@H]2C[C@H](O)[C@@H]3[C@]2(C)CC[C@@H]2[C@@]4(C)CC[C@H](O)C[C@@H]4[C@@H](O)C[C@]23O)C(C)C)OC[C@H]1OS(=O)(=O)[O-].[Na+]. The van der Waals surface area contributed by atoms with E-state index in [0.717, 1.165) is 25.7 Å². The van der Waals surface area contributed by atoms with Gasteiger partial charge in [-0.3, -0.25) is 4.18 Å². The first-order valence-electron chi connectivity index (χ1n) is 17.2. The van der Waals surface area contributed by atoms with Crippen LogP contribution in [0.1, 0.15) is 92.4 Å². The van der Waals surface area contributed by atoms with Gasteiger partial charge in [-0.25, -0.2) is 8.42 Å². The molecule has 4 aliphatic carbocycles. The van der Waals surface area contributed by atoms with E-state index in [0.29, 0.717) is 25.7 Å². The van der Waals surface area contributed by atoms with Crippen molar-refractivity contribution in [2.45, 2.75) is 147 Å². The topological polar surface area (TPSA) is 195 Å². The molecule has 1 aliphatic heterocycles. The zero-order chi connectivity index (χ0) is 34.0. The molecule has 5 rings (SSSR count). The van der Waals surface area contributed by atoms with Crippen molar-refractivity contribution in [1.29, 1.82) is 0 Å². The summed E-state index contributed by atoms with van der Waals surface area (Å²) in [5, 5.41) is 56.8. The molecule has 0 aromatic heterocycles. The van der Waals surface area contributed by atoms with Gasteiger partial charge in [0.1, 0.15) is 18.3 Å². The quantitative estimate of drug-likeness (QED) is 0.107. The maximum absolute atomic E-state index is 12.5. The summed E-state index contributed by atoms with van der Waals surface area (Å²) in [6, 6.07) is 0. The number of hydrogen-bond donors (Lipinski definition) is 5. The first-order valence-corrected chi connectivity index (χ1v) is 18.6. The number of ether oxygens (including phenoxy) is 3. The van der Waals surface area contributed by atoms with Crippen LogP contribution in [0.2, 0.25) is 0 Å². The van der Waals surface area contributed by atoms with E-state index in [1.807, 2.05) is 13.8 Å². The number of rotatable bonds is 10. The van der Waals surface area contributed by atoms with Crippen LogP contribution in [-0.2, 0) is 28.8 Å². The van der Waals surface area contributed by atoms with Gasteiger partial charge in [-0.15, -0.1) is 0 Å². The fourth-order valence-electron chi connectivity index (χ4n) is 11.2. The van der Waals surface area contributed by atoms with Crippen molar-refractivity contribution in [2.24, 2.45) is 46.3 Å². The number of aliphatic hydroxyl groups excluding tert-OH is 4. The van der Waals surface area contributed by atoms with E-state index in [1.54, 1.807) is 0 Å². The van der Waals surface area contributed by atoms with Crippen LogP contribution < -0.4 is 29.6 Å². The summed E-state index contributed by atoms with van der Waals surface area (Å²) in [6.07, 6.45) is -1.19. The molecule has 5 fully saturated rings. The molecule has 0 amide bonds. The molecular formula is C33H57NaO12S. The van der Waals surface area contributed by atoms with E-state index < -0.39 is 58.9 Å². The van der Waals surface area contributed by atoms with Crippen LogP contribution in [0.15, 0.2) is 0 Å². The Hall–Kier alpha value is 0.550. The molecule has 47 heavy (non-hydrogen) atoms. The van der Waals surface area contributed by atoms with Crippen LogP contribution in [0.5, 0.6) is 0 Å². The fourth-order valence-corrected chi connectivity index (χ4v) is 11.6. The third kappa shape index (κ3) is 7.56. The molecule has 4 saturated carbocycles. The summed E-state index contributed by atoms with van der Waals surface area (Å²) in [5.41, 5.74) is -1.79. The van der Waals surface area contributed by atoms with Crippen LogP contribution in [0.25, 0.3) is 0 Å². The molecule has 0 radical (unpaired) electrons. The molecule has 1 heterocycles. The normalized spacial score (nSPS) is 48.1. The van der Waals surface area contributed by atoms with E-state index in [2.05, 4.69) is 25.0 Å². The van der Waals surface area contributed by atoms with E-state index in [1.165, 1.54) is 7.11 Å². The van der Waals surface area contributed by atoms with E-state index in [9.17, 15) is 38.5 Å². The van der Waals surface area contributed by atoms with Gasteiger partial charge in [0.2, 0.25) is 10.4 Å². The van der Waals surface area contributed by atoms with Crippen molar-refractivity contribution in [3.05, 3.63) is 0 Å². The maximum Gasteiger partial charge on any atom is 1.00 e. The van der Waals surface area contributed by atoms with Crippen molar-refractivity contribution in [3.8, 4) is 0 Å².